The Morgan fingerprint density at radius 1 is 1.40 bits per heavy atom. The summed E-state index contributed by atoms with van der Waals surface area (Å²) in [5, 5.41) is 6.43. The second-order valence-corrected chi connectivity index (χ2v) is 6.93. The van der Waals surface area contributed by atoms with Gasteiger partial charge < -0.3 is 10.6 Å². The van der Waals surface area contributed by atoms with Crippen molar-refractivity contribution in [2.45, 2.75) is 43.6 Å². The van der Waals surface area contributed by atoms with Gasteiger partial charge in [-0.3, -0.25) is 4.79 Å². The van der Waals surface area contributed by atoms with Crippen molar-refractivity contribution < 1.29 is 4.79 Å². The van der Waals surface area contributed by atoms with Gasteiger partial charge in [0.2, 0.25) is 5.91 Å². The first-order valence-corrected chi connectivity index (χ1v) is 8.26. The van der Waals surface area contributed by atoms with Crippen LogP contribution >= 0.6 is 15.9 Å². The Labute approximate surface area is 128 Å². The maximum atomic E-state index is 12.1. The Kier molecular flexibility index (Phi) is 4.13. The van der Waals surface area contributed by atoms with Crippen molar-refractivity contribution in [2.24, 2.45) is 0 Å². The lowest BCUT2D eigenvalue weighted by Gasteiger charge is -2.43. The summed E-state index contributed by atoms with van der Waals surface area (Å²) in [4.78, 5) is 12.1. The highest BCUT2D eigenvalue weighted by molar-refractivity contribution is 9.10. The third kappa shape index (κ3) is 2.77. The lowest BCUT2D eigenvalue weighted by atomic mass is 9.64. The van der Waals surface area contributed by atoms with Crippen LogP contribution in [-0.2, 0) is 10.2 Å². The molecule has 3 nitrogen and oxygen atoms in total. The SMILES string of the molecule is O=C(NCC1(c2cccc(Br)c2)CCC1)C1CCCN1. The minimum atomic E-state index is 0.0228. The zero-order chi connectivity index (χ0) is 14.0. The smallest absolute Gasteiger partial charge is 0.237 e. The van der Waals surface area contributed by atoms with Gasteiger partial charge in [-0.1, -0.05) is 34.5 Å². The molecule has 20 heavy (non-hydrogen) atoms. The Balaban J connectivity index is 1.66. The summed E-state index contributed by atoms with van der Waals surface area (Å²) in [7, 11) is 0. The van der Waals surface area contributed by atoms with Gasteiger partial charge >= 0.3 is 0 Å². The maximum absolute atomic E-state index is 12.1. The fourth-order valence-corrected chi connectivity index (χ4v) is 3.68. The van der Waals surface area contributed by atoms with Crippen LogP contribution < -0.4 is 10.6 Å². The lowest BCUT2D eigenvalue weighted by Crippen LogP contribution is -2.49. The van der Waals surface area contributed by atoms with E-state index in [0.717, 1.165) is 30.4 Å². The van der Waals surface area contributed by atoms with Crippen LogP contribution in [0.4, 0.5) is 0 Å². The summed E-state index contributed by atoms with van der Waals surface area (Å²) >= 11 is 3.54. The van der Waals surface area contributed by atoms with Gasteiger partial charge in [0, 0.05) is 16.4 Å². The second kappa shape index (κ2) is 5.86. The molecule has 0 spiro atoms. The van der Waals surface area contributed by atoms with E-state index in [0.29, 0.717) is 0 Å². The van der Waals surface area contributed by atoms with Crippen LogP contribution in [-0.4, -0.2) is 25.0 Å². The van der Waals surface area contributed by atoms with Crippen LogP contribution in [0.25, 0.3) is 0 Å². The number of rotatable bonds is 4. The molecular formula is C16H21BrN2O. The van der Waals surface area contributed by atoms with Crippen LogP contribution in [0.1, 0.15) is 37.7 Å². The standard InChI is InChI=1S/C16H21BrN2O/c17-13-5-1-4-12(10-13)16(7-3-8-16)11-19-15(20)14-6-2-9-18-14/h1,4-5,10,14,18H,2-3,6-9,11H2,(H,19,20). The summed E-state index contributed by atoms with van der Waals surface area (Å²) in [6.07, 6.45) is 5.66. The maximum Gasteiger partial charge on any atom is 0.237 e. The molecular weight excluding hydrogens is 316 g/mol. The second-order valence-electron chi connectivity index (χ2n) is 6.01. The van der Waals surface area contributed by atoms with Gasteiger partial charge in [-0.15, -0.1) is 0 Å². The minimum absolute atomic E-state index is 0.0228. The van der Waals surface area contributed by atoms with E-state index >= 15 is 0 Å². The fourth-order valence-electron chi connectivity index (χ4n) is 3.28. The van der Waals surface area contributed by atoms with Crippen LogP contribution in [0, 0.1) is 0 Å². The molecule has 0 bridgehead atoms. The van der Waals surface area contributed by atoms with Crippen molar-refractivity contribution in [1.82, 2.24) is 10.6 Å². The van der Waals surface area contributed by atoms with Crippen LogP contribution in [0.5, 0.6) is 0 Å². The Bertz CT molecular complexity index is 493. The third-order valence-corrected chi connectivity index (χ3v) is 5.22. The first-order valence-electron chi connectivity index (χ1n) is 7.47. The van der Waals surface area contributed by atoms with E-state index in [1.165, 1.54) is 24.8 Å². The van der Waals surface area contributed by atoms with Gasteiger partial charge in [-0.2, -0.15) is 0 Å². The van der Waals surface area contributed by atoms with Gasteiger partial charge in [0.05, 0.1) is 6.04 Å². The van der Waals surface area contributed by atoms with Crippen molar-refractivity contribution >= 4 is 21.8 Å². The number of nitrogens with one attached hydrogen (secondary N) is 2. The summed E-state index contributed by atoms with van der Waals surface area (Å²) in [5.74, 6) is 0.170. The highest BCUT2D eigenvalue weighted by Crippen LogP contribution is 2.43. The molecule has 108 valence electrons. The van der Waals surface area contributed by atoms with Gasteiger partial charge in [0.1, 0.15) is 0 Å². The monoisotopic (exact) mass is 336 g/mol. The highest BCUT2D eigenvalue weighted by Gasteiger charge is 2.39. The third-order valence-electron chi connectivity index (χ3n) is 4.73. The molecule has 1 aromatic rings. The Hall–Kier alpha value is -0.870. The average Bonchev–Trinajstić information content (AvgIpc) is 2.91. The molecule has 1 atom stereocenters. The van der Waals surface area contributed by atoms with E-state index in [1.807, 2.05) is 0 Å². The zero-order valence-electron chi connectivity index (χ0n) is 11.6. The van der Waals surface area contributed by atoms with Crippen molar-refractivity contribution in [3.8, 4) is 0 Å². The predicted octanol–water partition coefficient (Wildman–Crippen LogP) is 2.74. The van der Waals surface area contributed by atoms with Crippen LogP contribution in [0.3, 0.4) is 0 Å². The van der Waals surface area contributed by atoms with Gasteiger partial charge in [-0.25, -0.2) is 0 Å². The van der Waals surface area contributed by atoms with Crippen LogP contribution in [0.2, 0.25) is 0 Å². The summed E-state index contributed by atoms with van der Waals surface area (Å²) in [6.45, 7) is 1.73. The normalized spacial score (nSPS) is 24.1. The van der Waals surface area contributed by atoms with Gasteiger partial charge in [-0.05, 0) is 49.9 Å². The molecule has 1 saturated heterocycles. The molecule has 1 saturated carbocycles. The molecule has 3 rings (SSSR count). The van der Waals surface area contributed by atoms with E-state index in [2.05, 4.69) is 50.8 Å². The number of halogens is 1. The number of carbonyl (C=O) groups is 1. The molecule has 4 heteroatoms. The quantitative estimate of drug-likeness (QED) is 0.887. The zero-order valence-corrected chi connectivity index (χ0v) is 13.2. The average molecular weight is 337 g/mol. The van der Waals surface area contributed by atoms with E-state index in [4.69, 9.17) is 0 Å². The summed E-state index contributed by atoms with van der Waals surface area (Å²) < 4.78 is 1.12. The lowest BCUT2D eigenvalue weighted by molar-refractivity contribution is -0.123. The minimum Gasteiger partial charge on any atom is -0.354 e. The fraction of sp³-hybridized carbons (Fsp3) is 0.562. The predicted molar refractivity (Wildman–Crippen MR) is 83.7 cm³/mol. The van der Waals surface area contributed by atoms with E-state index in [9.17, 15) is 4.79 Å². The first kappa shape index (κ1) is 14.1. The molecule has 2 aliphatic rings. The van der Waals surface area contributed by atoms with E-state index in [-0.39, 0.29) is 17.4 Å². The molecule has 1 amide bonds. The topological polar surface area (TPSA) is 41.1 Å². The van der Waals surface area contributed by atoms with Gasteiger partial charge in [0.25, 0.3) is 0 Å². The summed E-state index contributed by atoms with van der Waals surface area (Å²) in [6, 6.07) is 8.54. The highest BCUT2D eigenvalue weighted by atomic mass is 79.9. The molecule has 0 radical (unpaired) electrons. The van der Waals surface area contributed by atoms with E-state index in [1.54, 1.807) is 0 Å². The molecule has 1 aliphatic carbocycles. The number of benzene rings is 1. The van der Waals surface area contributed by atoms with Crippen molar-refractivity contribution in [3.05, 3.63) is 34.3 Å². The van der Waals surface area contributed by atoms with E-state index < -0.39 is 0 Å². The number of carbonyl (C=O) groups excluding carboxylic acids is 1. The largest absolute Gasteiger partial charge is 0.354 e. The summed E-state index contributed by atoms with van der Waals surface area (Å²) in [5.41, 5.74) is 1.50. The number of hydrogen-bond donors (Lipinski definition) is 2. The number of amides is 1. The van der Waals surface area contributed by atoms with Gasteiger partial charge in [0.15, 0.2) is 0 Å². The molecule has 2 N–H and O–H groups in total. The molecule has 1 aromatic carbocycles. The first-order chi connectivity index (χ1) is 9.70. The molecule has 1 aliphatic heterocycles. The molecule has 2 fully saturated rings. The van der Waals surface area contributed by atoms with Crippen molar-refractivity contribution in [2.75, 3.05) is 13.1 Å². The molecule has 1 unspecified atom stereocenters. The van der Waals surface area contributed by atoms with Crippen molar-refractivity contribution in [3.63, 3.8) is 0 Å². The van der Waals surface area contributed by atoms with Crippen molar-refractivity contribution in [1.29, 1.82) is 0 Å². The Morgan fingerprint density at radius 3 is 2.85 bits per heavy atom. The van der Waals surface area contributed by atoms with Crippen LogP contribution in [0.15, 0.2) is 28.7 Å². The molecule has 0 aromatic heterocycles. The number of hydrogen-bond acceptors (Lipinski definition) is 2. The Morgan fingerprint density at radius 2 is 2.25 bits per heavy atom. The molecule has 1 heterocycles.